The summed E-state index contributed by atoms with van der Waals surface area (Å²) in [6.45, 7) is 1.33. The lowest BCUT2D eigenvalue weighted by molar-refractivity contribution is 0.101. The average molecular weight is 183 g/mol. The molecule has 3 nitrogen and oxygen atoms in total. The third-order valence-electron chi connectivity index (χ3n) is 1.74. The van der Waals surface area contributed by atoms with Crippen LogP contribution in [0.25, 0.3) is 0 Å². The first-order valence-electron chi connectivity index (χ1n) is 3.70. The number of halogens is 1. The first-order valence-corrected chi connectivity index (χ1v) is 3.70. The first kappa shape index (κ1) is 9.51. The molecule has 70 valence electrons. The number of hydrogen-bond acceptors (Lipinski definition) is 3. The molecule has 4 heteroatoms. The van der Waals surface area contributed by atoms with Crippen LogP contribution in [0, 0.1) is 5.82 Å². The molecule has 0 atom stereocenters. The maximum Gasteiger partial charge on any atom is 0.188 e. The molecule has 0 bridgehead atoms. The third-order valence-corrected chi connectivity index (χ3v) is 1.74. The standard InChI is InChI=1S/C9H10FNO2/c1-5(12)6-3-4-7(13-2)8(10)9(6)11/h3-4H,11H2,1-2H3. The number of carbonyl (C=O) groups is 1. The second-order valence-electron chi connectivity index (χ2n) is 2.60. The second kappa shape index (κ2) is 3.43. The molecule has 0 fully saturated rings. The van der Waals surface area contributed by atoms with E-state index in [2.05, 4.69) is 0 Å². The van der Waals surface area contributed by atoms with E-state index in [9.17, 15) is 9.18 Å². The summed E-state index contributed by atoms with van der Waals surface area (Å²) < 4.78 is 17.9. The number of benzene rings is 1. The van der Waals surface area contributed by atoms with Crippen molar-refractivity contribution in [3.05, 3.63) is 23.5 Å². The Morgan fingerprint density at radius 3 is 2.62 bits per heavy atom. The van der Waals surface area contributed by atoms with Crippen LogP contribution >= 0.6 is 0 Å². The first-order chi connectivity index (χ1) is 6.07. The van der Waals surface area contributed by atoms with Gasteiger partial charge in [0, 0.05) is 5.56 Å². The number of ketones is 1. The van der Waals surface area contributed by atoms with Crippen molar-refractivity contribution in [3.8, 4) is 5.75 Å². The molecule has 0 aliphatic rings. The minimum atomic E-state index is -0.685. The van der Waals surface area contributed by atoms with E-state index in [0.29, 0.717) is 0 Å². The highest BCUT2D eigenvalue weighted by molar-refractivity contribution is 5.99. The molecule has 0 radical (unpaired) electrons. The maximum atomic E-state index is 13.2. The number of nitrogens with two attached hydrogens (primary N) is 1. The van der Waals surface area contributed by atoms with Crippen molar-refractivity contribution in [1.29, 1.82) is 0 Å². The Bertz CT molecular complexity index is 350. The van der Waals surface area contributed by atoms with Crippen LogP contribution in [0.3, 0.4) is 0 Å². The van der Waals surface area contributed by atoms with Gasteiger partial charge in [0.2, 0.25) is 0 Å². The van der Waals surface area contributed by atoms with E-state index in [1.54, 1.807) is 0 Å². The summed E-state index contributed by atoms with van der Waals surface area (Å²) in [6, 6.07) is 2.82. The van der Waals surface area contributed by atoms with Gasteiger partial charge >= 0.3 is 0 Å². The number of nitrogen functional groups attached to an aromatic ring is 1. The Labute approximate surface area is 75.3 Å². The van der Waals surface area contributed by atoms with E-state index in [0.717, 1.165) is 0 Å². The molecule has 0 amide bonds. The van der Waals surface area contributed by atoms with E-state index >= 15 is 0 Å². The quantitative estimate of drug-likeness (QED) is 0.560. The summed E-state index contributed by atoms with van der Waals surface area (Å²) in [5.74, 6) is -0.906. The van der Waals surface area contributed by atoms with E-state index in [1.807, 2.05) is 0 Å². The molecule has 1 aromatic carbocycles. The highest BCUT2D eigenvalue weighted by Crippen LogP contribution is 2.25. The molecule has 2 N–H and O–H groups in total. The zero-order valence-corrected chi connectivity index (χ0v) is 7.43. The zero-order chi connectivity index (χ0) is 10.0. The van der Waals surface area contributed by atoms with Gasteiger partial charge in [-0.05, 0) is 19.1 Å². The van der Waals surface area contributed by atoms with Gasteiger partial charge < -0.3 is 10.5 Å². The van der Waals surface area contributed by atoms with Crippen LogP contribution in [0.2, 0.25) is 0 Å². The van der Waals surface area contributed by atoms with Gasteiger partial charge in [0.05, 0.1) is 12.8 Å². The predicted molar refractivity (Wildman–Crippen MR) is 47.4 cm³/mol. The molecule has 1 rings (SSSR count). The van der Waals surface area contributed by atoms with E-state index in [1.165, 1.54) is 26.2 Å². The Balaban J connectivity index is 3.31. The summed E-state index contributed by atoms with van der Waals surface area (Å²) in [6.07, 6.45) is 0. The molecule has 1 aromatic rings. The largest absolute Gasteiger partial charge is 0.494 e. The van der Waals surface area contributed by atoms with Crippen molar-refractivity contribution < 1.29 is 13.9 Å². The van der Waals surface area contributed by atoms with Crippen molar-refractivity contribution in [2.45, 2.75) is 6.92 Å². The number of methoxy groups -OCH3 is 1. The summed E-state index contributed by atoms with van der Waals surface area (Å²) in [4.78, 5) is 10.9. The highest BCUT2D eigenvalue weighted by atomic mass is 19.1. The molecule has 0 unspecified atom stereocenters. The Hall–Kier alpha value is -1.58. The summed E-state index contributed by atoms with van der Waals surface area (Å²) in [5.41, 5.74) is 5.40. The monoisotopic (exact) mass is 183 g/mol. The van der Waals surface area contributed by atoms with Gasteiger partial charge in [0.25, 0.3) is 0 Å². The molecule has 0 heterocycles. The highest BCUT2D eigenvalue weighted by Gasteiger charge is 2.13. The van der Waals surface area contributed by atoms with Crippen molar-refractivity contribution in [2.75, 3.05) is 12.8 Å². The molecular weight excluding hydrogens is 173 g/mol. The molecule has 13 heavy (non-hydrogen) atoms. The normalized spacial score (nSPS) is 9.77. The van der Waals surface area contributed by atoms with Crippen LogP contribution in [0.4, 0.5) is 10.1 Å². The lowest BCUT2D eigenvalue weighted by Crippen LogP contribution is -2.03. The number of carbonyl (C=O) groups excluding carboxylic acids is 1. The number of ether oxygens (including phenoxy) is 1. The van der Waals surface area contributed by atoms with Crippen molar-refractivity contribution >= 4 is 11.5 Å². The van der Waals surface area contributed by atoms with Crippen molar-refractivity contribution in [3.63, 3.8) is 0 Å². The SMILES string of the molecule is COc1ccc(C(C)=O)c(N)c1F. The van der Waals surface area contributed by atoms with Gasteiger partial charge in [-0.1, -0.05) is 0 Å². The smallest absolute Gasteiger partial charge is 0.188 e. The Kier molecular flexibility index (Phi) is 2.51. The Morgan fingerprint density at radius 2 is 2.15 bits per heavy atom. The average Bonchev–Trinajstić information content (AvgIpc) is 2.09. The zero-order valence-electron chi connectivity index (χ0n) is 7.43. The van der Waals surface area contributed by atoms with Gasteiger partial charge in [-0.15, -0.1) is 0 Å². The maximum absolute atomic E-state index is 13.2. The molecule has 0 spiro atoms. The summed E-state index contributed by atoms with van der Waals surface area (Å²) in [7, 11) is 1.34. The fraction of sp³-hybridized carbons (Fsp3) is 0.222. The van der Waals surface area contributed by atoms with Crippen LogP contribution in [0.5, 0.6) is 5.75 Å². The molecule has 0 aliphatic carbocycles. The van der Waals surface area contributed by atoms with Crippen molar-refractivity contribution in [2.24, 2.45) is 0 Å². The van der Waals surface area contributed by atoms with Crippen molar-refractivity contribution in [1.82, 2.24) is 0 Å². The number of rotatable bonds is 2. The minimum absolute atomic E-state index is 0.0440. The number of hydrogen-bond donors (Lipinski definition) is 1. The summed E-state index contributed by atoms with van der Waals surface area (Å²) in [5, 5.41) is 0. The van der Waals surface area contributed by atoms with Gasteiger partial charge in [-0.3, -0.25) is 4.79 Å². The van der Waals surface area contributed by atoms with Gasteiger partial charge in [0.15, 0.2) is 17.3 Å². The van der Waals surface area contributed by atoms with Gasteiger partial charge in [-0.2, -0.15) is 0 Å². The van der Waals surface area contributed by atoms with Crippen LogP contribution in [-0.2, 0) is 0 Å². The summed E-state index contributed by atoms with van der Waals surface area (Å²) >= 11 is 0. The van der Waals surface area contributed by atoms with E-state index in [-0.39, 0.29) is 22.8 Å². The molecule has 0 saturated heterocycles. The third kappa shape index (κ3) is 1.61. The van der Waals surface area contributed by atoms with Crippen LogP contribution in [0.1, 0.15) is 17.3 Å². The topological polar surface area (TPSA) is 52.3 Å². The molecule has 0 saturated carbocycles. The van der Waals surface area contributed by atoms with E-state index < -0.39 is 5.82 Å². The van der Waals surface area contributed by atoms with E-state index in [4.69, 9.17) is 10.5 Å². The lowest BCUT2D eigenvalue weighted by Gasteiger charge is -2.06. The molecule has 0 aliphatic heterocycles. The number of Topliss-reactive ketones (excluding diaryl/α,β-unsaturated/α-hetero) is 1. The van der Waals surface area contributed by atoms with Gasteiger partial charge in [-0.25, -0.2) is 4.39 Å². The Morgan fingerprint density at radius 1 is 1.54 bits per heavy atom. The molecular formula is C9H10FNO2. The minimum Gasteiger partial charge on any atom is -0.494 e. The molecule has 0 aromatic heterocycles. The fourth-order valence-electron chi connectivity index (χ4n) is 1.04. The fourth-order valence-corrected chi connectivity index (χ4v) is 1.04. The van der Waals surface area contributed by atoms with Crippen LogP contribution in [-0.4, -0.2) is 12.9 Å². The second-order valence-corrected chi connectivity index (χ2v) is 2.60. The van der Waals surface area contributed by atoms with Crippen LogP contribution < -0.4 is 10.5 Å². The number of anilines is 1. The lowest BCUT2D eigenvalue weighted by atomic mass is 10.1. The van der Waals surface area contributed by atoms with Crippen LogP contribution in [0.15, 0.2) is 12.1 Å². The predicted octanol–water partition coefficient (Wildman–Crippen LogP) is 1.62. The van der Waals surface area contributed by atoms with Gasteiger partial charge in [0.1, 0.15) is 0 Å².